The Morgan fingerprint density at radius 1 is 1.20 bits per heavy atom. The average Bonchev–Trinajstić information content (AvgIpc) is 3.34. The van der Waals surface area contributed by atoms with Gasteiger partial charge in [-0.1, -0.05) is 30.3 Å². The van der Waals surface area contributed by atoms with Crippen LogP contribution in [0.3, 0.4) is 0 Å². The summed E-state index contributed by atoms with van der Waals surface area (Å²) in [6, 6.07) is 9.40. The lowest BCUT2D eigenvalue weighted by molar-refractivity contribution is -0.117. The number of carbonyl (C=O) groups excluding carboxylic acids is 1. The first-order chi connectivity index (χ1) is 12.1. The molecule has 0 aliphatic carbocycles. The van der Waals surface area contributed by atoms with Crippen molar-refractivity contribution < 1.29 is 22.4 Å². The van der Waals surface area contributed by atoms with Gasteiger partial charge in [0.1, 0.15) is 6.26 Å². The van der Waals surface area contributed by atoms with Crippen LogP contribution < -0.4 is 4.90 Å². The monoisotopic (exact) mass is 346 g/mol. The molecular weight excluding hydrogens is 334 g/mol. The Hall–Kier alpha value is -3.10. The number of anilines is 1. The van der Waals surface area contributed by atoms with Gasteiger partial charge in [-0.25, -0.2) is 0 Å². The molecule has 9 heteroatoms. The molecule has 0 bridgehead atoms. The second-order valence-corrected chi connectivity index (χ2v) is 5.49. The highest BCUT2D eigenvalue weighted by atomic mass is 19.3. The van der Waals surface area contributed by atoms with Crippen molar-refractivity contribution in [1.82, 2.24) is 15.2 Å². The third-order valence-electron chi connectivity index (χ3n) is 3.94. The highest BCUT2D eigenvalue weighted by Gasteiger charge is 2.36. The summed E-state index contributed by atoms with van der Waals surface area (Å²) in [6.07, 6.45) is -0.661. The molecule has 1 amide bonds. The van der Waals surface area contributed by atoms with Crippen molar-refractivity contribution in [1.29, 1.82) is 0 Å². The molecule has 128 valence electrons. The molecule has 1 aromatic carbocycles. The van der Waals surface area contributed by atoms with Crippen molar-refractivity contribution in [2.45, 2.75) is 25.3 Å². The standard InChI is InChI=1S/C16H12F2N4O3/c17-13(18)15-21-20-14(25-15)10-8-24-16(19-10)22-11(6-7-12(22)23)9-4-2-1-3-5-9/h1-5,8,11,13H,6-7H2. The molecule has 1 atom stereocenters. The van der Waals surface area contributed by atoms with E-state index in [0.29, 0.717) is 12.8 Å². The number of halogens is 2. The first-order valence-corrected chi connectivity index (χ1v) is 7.58. The zero-order valence-corrected chi connectivity index (χ0v) is 12.8. The van der Waals surface area contributed by atoms with Gasteiger partial charge < -0.3 is 8.83 Å². The van der Waals surface area contributed by atoms with Crippen LogP contribution >= 0.6 is 0 Å². The van der Waals surface area contributed by atoms with E-state index >= 15 is 0 Å². The maximum absolute atomic E-state index is 12.5. The van der Waals surface area contributed by atoms with Gasteiger partial charge in [-0.2, -0.15) is 13.8 Å². The Kier molecular flexibility index (Phi) is 3.75. The molecule has 1 aliphatic rings. The van der Waals surface area contributed by atoms with Gasteiger partial charge in [0.05, 0.1) is 6.04 Å². The predicted octanol–water partition coefficient (Wildman–Crippen LogP) is 3.53. The Bertz CT molecular complexity index is 894. The Labute approximate surface area is 140 Å². The molecule has 0 spiro atoms. The number of nitrogens with zero attached hydrogens (tertiary/aromatic N) is 4. The summed E-state index contributed by atoms with van der Waals surface area (Å²) in [5, 5.41) is 6.77. The summed E-state index contributed by atoms with van der Waals surface area (Å²) in [6.45, 7) is 0. The topological polar surface area (TPSA) is 85.3 Å². The minimum atomic E-state index is -2.87. The van der Waals surface area contributed by atoms with Gasteiger partial charge in [0.25, 0.3) is 11.8 Å². The van der Waals surface area contributed by atoms with Crippen LogP contribution in [0.4, 0.5) is 14.8 Å². The SMILES string of the molecule is O=C1CCC(c2ccccc2)N1c1nc(-c2nnc(C(F)F)o2)co1. The summed E-state index contributed by atoms with van der Waals surface area (Å²) in [5.74, 6) is -1.10. The van der Waals surface area contributed by atoms with Crippen LogP contribution in [0.5, 0.6) is 0 Å². The van der Waals surface area contributed by atoms with Gasteiger partial charge >= 0.3 is 12.4 Å². The normalized spacial score (nSPS) is 17.6. The van der Waals surface area contributed by atoms with E-state index in [9.17, 15) is 13.6 Å². The van der Waals surface area contributed by atoms with Crippen molar-refractivity contribution in [3.05, 3.63) is 48.0 Å². The van der Waals surface area contributed by atoms with Gasteiger partial charge in [0.15, 0.2) is 5.69 Å². The molecule has 0 saturated carbocycles. The lowest BCUT2D eigenvalue weighted by atomic mass is 10.1. The molecule has 7 nitrogen and oxygen atoms in total. The minimum absolute atomic E-state index is 0.0724. The van der Waals surface area contributed by atoms with E-state index in [4.69, 9.17) is 8.83 Å². The van der Waals surface area contributed by atoms with Gasteiger partial charge in [-0.3, -0.25) is 9.69 Å². The first-order valence-electron chi connectivity index (χ1n) is 7.58. The maximum atomic E-state index is 12.5. The fourth-order valence-corrected chi connectivity index (χ4v) is 2.81. The quantitative estimate of drug-likeness (QED) is 0.718. The van der Waals surface area contributed by atoms with Crippen molar-refractivity contribution in [3.63, 3.8) is 0 Å². The van der Waals surface area contributed by atoms with E-state index in [1.807, 2.05) is 30.3 Å². The number of hydrogen-bond acceptors (Lipinski definition) is 6. The molecule has 0 N–H and O–H groups in total. The number of alkyl halides is 2. The predicted molar refractivity (Wildman–Crippen MR) is 80.7 cm³/mol. The summed E-state index contributed by atoms with van der Waals surface area (Å²) in [5.41, 5.74) is 1.06. The van der Waals surface area contributed by atoms with E-state index < -0.39 is 12.3 Å². The molecule has 2 aromatic heterocycles. The van der Waals surface area contributed by atoms with Crippen LogP contribution in [0.1, 0.15) is 36.8 Å². The molecule has 4 rings (SSSR count). The van der Waals surface area contributed by atoms with Gasteiger partial charge in [-0.05, 0) is 12.0 Å². The second-order valence-electron chi connectivity index (χ2n) is 5.49. The third kappa shape index (κ3) is 2.77. The minimum Gasteiger partial charge on any atom is -0.431 e. The summed E-state index contributed by atoms with van der Waals surface area (Å²) < 4.78 is 35.3. The Morgan fingerprint density at radius 3 is 2.72 bits per heavy atom. The van der Waals surface area contributed by atoms with Crippen LogP contribution in [0.2, 0.25) is 0 Å². The highest BCUT2D eigenvalue weighted by Crippen LogP contribution is 2.37. The largest absolute Gasteiger partial charge is 0.431 e. The third-order valence-corrected chi connectivity index (χ3v) is 3.94. The van der Waals surface area contributed by atoms with Crippen LogP contribution in [0.25, 0.3) is 11.6 Å². The number of hydrogen-bond donors (Lipinski definition) is 0. The molecule has 0 radical (unpaired) electrons. The zero-order chi connectivity index (χ0) is 17.4. The Morgan fingerprint density at radius 2 is 2.00 bits per heavy atom. The summed E-state index contributed by atoms with van der Waals surface area (Å²) in [7, 11) is 0. The van der Waals surface area contributed by atoms with Gasteiger partial charge in [-0.15, -0.1) is 10.2 Å². The number of carbonyl (C=O) groups is 1. The van der Waals surface area contributed by atoms with Crippen molar-refractivity contribution >= 4 is 11.9 Å². The molecular formula is C16H12F2N4O3. The van der Waals surface area contributed by atoms with E-state index in [2.05, 4.69) is 15.2 Å². The molecule has 1 aliphatic heterocycles. The molecule has 1 fully saturated rings. The summed E-state index contributed by atoms with van der Waals surface area (Å²) >= 11 is 0. The molecule has 25 heavy (non-hydrogen) atoms. The van der Waals surface area contributed by atoms with E-state index in [-0.39, 0.29) is 29.5 Å². The molecule has 1 saturated heterocycles. The number of amides is 1. The highest BCUT2D eigenvalue weighted by molar-refractivity contribution is 5.94. The fourth-order valence-electron chi connectivity index (χ4n) is 2.81. The van der Waals surface area contributed by atoms with Crippen molar-refractivity contribution in [2.24, 2.45) is 0 Å². The number of aromatic nitrogens is 3. The number of rotatable bonds is 4. The zero-order valence-electron chi connectivity index (χ0n) is 12.8. The summed E-state index contributed by atoms with van der Waals surface area (Å²) in [4.78, 5) is 17.9. The van der Waals surface area contributed by atoms with Crippen LogP contribution in [0, 0.1) is 0 Å². The van der Waals surface area contributed by atoms with Crippen molar-refractivity contribution in [2.75, 3.05) is 4.90 Å². The molecule has 1 unspecified atom stereocenters. The van der Waals surface area contributed by atoms with Crippen LogP contribution in [-0.4, -0.2) is 21.1 Å². The fraction of sp³-hybridized carbons (Fsp3) is 0.250. The van der Waals surface area contributed by atoms with Crippen molar-refractivity contribution in [3.8, 4) is 11.6 Å². The van der Waals surface area contributed by atoms with E-state index in [1.54, 1.807) is 0 Å². The van der Waals surface area contributed by atoms with Crippen LogP contribution in [-0.2, 0) is 4.79 Å². The van der Waals surface area contributed by atoms with Gasteiger partial charge in [0, 0.05) is 6.42 Å². The Balaban J connectivity index is 1.64. The first kappa shape index (κ1) is 15.4. The van der Waals surface area contributed by atoms with Gasteiger partial charge in [0.2, 0.25) is 5.91 Å². The second kappa shape index (κ2) is 6.08. The van der Waals surface area contributed by atoms with E-state index in [0.717, 1.165) is 5.56 Å². The lowest BCUT2D eigenvalue weighted by Crippen LogP contribution is -2.27. The number of oxazole rings is 1. The average molecular weight is 346 g/mol. The lowest BCUT2D eigenvalue weighted by Gasteiger charge is -2.21. The maximum Gasteiger partial charge on any atom is 0.314 e. The number of benzene rings is 1. The van der Waals surface area contributed by atoms with E-state index in [1.165, 1.54) is 11.2 Å². The molecule has 3 aromatic rings. The van der Waals surface area contributed by atoms with Crippen LogP contribution in [0.15, 0.2) is 45.4 Å². The molecule has 3 heterocycles. The smallest absolute Gasteiger partial charge is 0.314 e.